The Hall–Kier alpha value is -0.570. The van der Waals surface area contributed by atoms with Crippen molar-refractivity contribution in [1.82, 2.24) is 9.97 Å². The first kappa shape index (κ1) is 7.54. The van der Waals surface area contributed by atoms with Crippen molar-refractivity contribution < 1.29 is 0 Å². The minimum atomic E-state index is 0.869. The van der Waals surface area contributed by atoms with E-state index in [-0.39, 0.29) is 0 Å². The van der Waals surface area contributed by atoms with Crippen molar-refractivity contribution in [3.05, 3.63) is 18.0 Å². The lowest BCUT2D eigenvalue weighted by molar-refractivity contribution is 0.950. The third-order valence-electron chi connectivity index (χ3n) is 1.03. The van der Waals surface area contributed by atoms with Gasteiger partial charge in [-0.25, -0.2) is 9.97 Å². The van der Waals surface area contributed by atoms with E-state index in [0.717, 1.165) is 16.5 Å². The van der Waals surface area contributed by atoms with Crippen LogP contribution in [0.2, 0.25) is 0 Å². The van der Waals surface area contributed by atoms with Gasteiger partial charge in [-0.3, -0.25) is 0 Å². The molecule has 0 N–H and O–H groups in total. The normalized spacial score (nSPS) is 9.80. The molecule has 1 aromatic heterocycles. The first-order valence-corrected chi connectivity index (χ1v) is 4.23. The number of thioether (sulfide) groups is 1. The second-order valence-corrected chi connectivity index (χ2v) is 3.21. The van der Waals surface area contributed by atoms with Crippen LogP contribution in [0.4, 0.5) is 0 Å². The Kier molecular flexibility index (Phi) is 2.68. The fourth-order valence-corrected chi connectivity index (χ4v) is 1.10. The SMILES string of the molecule is CCSc1ncc(C)cn1. The fourth-order valence-electron chi connectivity index (χ4n) is 0.584. The van der Waals surface area contributed by atoms with E-state index in [0.29, 0.717) is 0 Å². The molecule has 0 aromatic carbocycles. The van der Waals surface area contributed by atoms with Gasteiger partial charge in [-0.05, 0) is 18.2 Å². The van der Waals surface area contributed by atoms with E-state index in [4.69, 9.17) is 0 Å². The molecule has 0 aliphatic rings. The van der Waals surface area contributed by atoms with E-state index in [1.54, 1.807) is 11.8 Å². The molecule has 0 spiro atoms. The lowest BCUT2D eigenvalue weighted by Gasteiger charge is -1.94. The van der Waals surface area contributed by atoms with Gasteiger partial charge in [0.05, 0.1) is 0 Å². The number of aryl methyl sites for hydroxylation is 1. The molecule has 0 fully saturated rings. The Morgan fingerprint density at radius 3 is 2.50 bits per heavy atom. The number of nitrogens with zero attached hydrogens (tertiary/aromatic N) is 2. The quantitative estimate of drug-likeness (QED) is 0.480. The summed E-state index contributed by atoms with van der Waals surface area (Å²) in [5.41, 5.74) is 1.11. The lowest BCUT2D eigenvalue weighted by Crippen LogP contribution is -1.85. The molecule has 0 aliphatic carbocycles. The van der Waals surface area contributed by atoms with Crippen LogP contribution < -0.4 is 0 Å². The maximum absolute atomic E-state index is 4.12. The van der Waals surface area contributed by atoms with Crippen LogP contribution in [-0.2, 0) is 0 Å². The summed E-state index contributed by atoms with van der Waals surface area (Å²) in [6.45, 7) is 4.08. The summed E-state index contributed by atoms with van der Waals surface area (Å²) in [5.74, 6) is 1.03. The topological polar surface area (TPSA) is 25.8 Å². The predicted molar refractivity (Wildman–Crippen MR) is 43.2 cm³/mol. The van der Waals surface area contributed by atoms with E-state index in [1.807, 2.05) is 19.3 Å². The Labute approximate surface area is 65.1 Å². The van der Waals surface area contributed by atoms with Gasteiger partial charge in [0.25, 0.3) is 0 Å². The Balaban J connectivity index is 2.69. The second kappa shape index (κ2) is 3.56. The van der Waals surface area contributed by atoms with Gasteiger partial charge >= 0.3 is 0 Å². The van der Waals surface area contributed by atoms with Gasteiger partial charge in [0, 0.05) is 12.4 Å². The Morgan fingerprint density at radius 2 is 2.00 bits per heavy atom. The number of hydrogen-bond donors (Lipinski definition) is 0. The Morgan fingerprint density at radius 1 is 1.40 bits per heavy atom. The summed E-state index contributed by atoms with van der Waals surface area (Å²) in [7, 11) is 0. The lowest BCUT2D eigenvalue weighted by atomic mass is 10.4. The molecule has 3 heteroatoms. The molecule has 0 atom stereocenters. The van der Waals surface area contributed by atoms with Gasteiger partial charge in [-0.2, -0.15) is 0 Å². The van der Waals surface area contributed by atoms with Crippen molar-refractivity contribution in [3.63, 3.8) is 0 Å². The van der Waals surface area contributed by atoms with Crippen LogP contribution in [0.25, 0.3) is 0 Å². The smallest absolute Gasteiger partial charge is 0.187 e. The molecule has 0 radical (unpaired) electrons. The number of aromatic nitrogens is 2. The van der Waals surface area contributed by atoms with Crippen LogP contribution in [-0.4, -0.2) is 15.7 Å². The van der Waals surface area contributed by atoms with Crippen molar-refractivity contribution in [3.8, 4) is 0 Å². The van der Waals surface area contributed by atoms with Gasteiger partial charge in [0.2, 0.25) is 0 Å². The third kappa shape index (κ3) is 1.99. The molecule has 0 aliphatic heterocycles. The maximum atomic E-state index is 4.12. The van der Waals surface area contributed by atoms with Crippen molar-refractivity contribution in [2.75, 3.05) is 5.75 Å². The van der Waals surface area contributed by atoms with Crippen LogP contribution in [0, 0.1) is 6.92 Å². The zero-order chi connectivity index (χ0) is 7.40. The summed E-state index contributed by atoms with van der Waals surface area (Å²) in [6.07, 6.45) is 3.68. The molecule has 0 unspecified atom stereocenters. The van der Waals surface area contributed by atoms with Crippen LogP contribution in [0.15, 0.2) is 17.6 Å². The van der Waals surface area contributed by atoms with Gasteiger partial charge < -0.3 is 0 Å². The summed E-state index contributed by atoms with van der Waals surface area (Å²) >= 11 is 1.66. The minimum Gasteiger partial charge on any atom is -0.231 e. The van der Waals surface area contributed by atoms with E-state index in [2.05, 4.69) is 16.9 Å². The molecular formula is C7H10N2S. The summed E-state index contributed by atoms with van der Waals surface area (Å²) in [5, 5.41) is 0.869. The first-order chi connectivity index (χ1) is 4.83. The summed E-state index contributed by atoms with van der Waals surface area (Å²) in [4.78, 5) is 8.24. The van der Waals surface area contributed by atoms with Crippen LogP contribution in [0.5, 0.6) is 0 Å². The first-order valence-electron chi connectivity index (χ1n) is 3.24. The van der Waals surface area contributed by atoms with Gasteiger partial charge in [-0.15, -0.1) is 0 Å². The predicted octanol–water partition coefficient (Wildman–Crippen LogP) is 1.90. The van der Waals surface area contributed by atoms with Crippen LogP contribution in [0.3, 0.4) is 0 Å². The van der Waals surface area contributed by atoms with Crippen molar-refractivity contribution in [1.29, 1.82) is 0 Å². The molecule has 1 aromatic rings. The molecule has 2 nitrogen and oxygen atoms in total. The van der Waals surface area contributed by atoms with E-state index in [1.165, 1.54) is 0 Å². The number of rotatable bonds is 2. The molecule has 0 bridgehead atoms. The van der Waals surface area contributed by atoms with E-state index < -0.39 is 0 Å². The third-order valence-corrected chi connectivity index (χ3v) is 1.79. The molecule has 1 heterocycles. The molecule has 0 saturated carbocycles. The van der Waals surface area contributed by atoms with E-state index >= 15 is 0 Å². The van der Waals surface area contributed by atoms with E-state index in [9.17, 15) is 0 Å². The molecule has 1 rings (SSSR count). The summed E-state index contributed by atoms with van der Waals surface area (Å²) in [6, 6.07) is 0. The molecular weight excluding hydrogens is 144 g/mol. The highest BCUT2D eigenvalue weighted by Crippen LogP contribution is 2.09. The highest BCUT2D eigenvalue weighted by molar-refractivity contribution is 7.99. The Bertz CT molecular complexity index is 195. The van der Waals surface area contributed by atoms with Crippen molar-refractivity contribution >= 4 is 11.8 Å². The molecule has 0 saturated heterocycles. The average molecular weight is 154 g/mol. The molecule has 0 amide bonds. The zero-order valence-electron chi connectivity index (χ0n) is 6.16. The molecule has 10 heavy (non-hydrogen) atoms. The average Bonchev–Trinajstić information content (AvgIpc) is 1.95. The van der Waals surface area contributed by atoms with Crippen LogP contribution >= 0.6 is 11.8 Å². The van der Waals surface area contributed by atoms with Crippen molar-refractivity contribution in [2.24, 2.45) is 0 Å². The number of hydrogen-bond acceptors (Lipinski definition) is 3. The second-order valence-electron chi connectivity index (χ2n) is 1.98. The van der Waals surface area contributed by atoms with Gasteiger partial charge in [-0.1, -0.05) is 18.7 Å². The van der Waals surface area contributed by atoms with Gasteiger partial charge in [0.1, 0.15) is 0 Å². The highest BCUT2D eigenvalue weighted by atomic mass is 32.2. The molecule has 54 valence electrons. The van der Waals surface area contributed by atoms with Gasteiger partial charge in [0.15, 0.2) is 5.16 Å². The fraction of sp³-hybridized carbons (Fsp3) is 0.429. The minimum absolute atomic E-state index is 0.869. The highest BCUT2D eigenvalue weighted by Gasteiger charge is 1.91. The standard InChI is InChI=1S/C7H10N2S/c1-3-10-7-8-4-6(2)5-9-7/h4-5H,3H2,1-2H3. The van der Waals surface area contributed by atoms with Crippen LogP contribution in [0.1, 0.15) is 12.5 Å². The monoisotopic (exact) mass is 154 g/mol. The van der Waals surface area contributed by atoms with Crippen molar-refractivity contribution in [2.45, 2.75) is 19.0 Å². The zero-order valence-corrected chi connectivity index (χ0v) is 6.98. The maximum Gasteiger partial charge on any atom is 0.187 e. The summed E-state index contributed by atoms with van der Waals surface area (Å²) < 4.78 is 0. The largest absolute Gasteiger partial charge is 0.231 e.